The zero-order valence-corrected chi connectivity index (χ0v) is 18.0. The Labute approximate surface area is 173 Å². The second-order valence-corrected chi connectivity index (χ2v) is 9.94. The molecule has 1 N–H and O–H groups in total. The van der Waals surface area contributed by atoms with E-state index >= 15 is 0 Å². The lowest BCUT2D eigenvalue weighted by atomic mass is 10.1. The summed E-state index contributed by atoms with van der Waals surface area (Å²) in [5.74, 6) is 0.505. The fourth-order valence-electron chi connectivity index (χ4n) is 3.08. The molecular weight excluding hydrogens is 406 g/mol. The minimum absolute atomic E-state index is 0.155. The van der Waals surface area contributed by atoms with Crippen LogP contribution in [0.2, 0.25) is 0 Å². The molecule has 0 aliphatic carbocycles. The fourth-order valence-corrected chi connectivity index (χ4v) is 4.38. The lowest BCUT2D eigenvalue weighted by molar-refractivity contribution is 0.592. The van der Waals surface area contributed by atoms with E-state index in [4.69, 9.17) is 0 Å². The van der Waals surface area contributed by atoms with Crippen LogP contribution < -0.4 is 5.32 Å². The lowest BCUT2D eigenvalue weighted by Crippen LogP contribution is -2.14. The van der Waals surface area contributed by atoms with Crippen molar-refractivity contribution in [3.8, 4) is 10.4 Å². The fraction of sp³-hybridized carbons (Fsp3) is 0.250. The van der Waals surface area contributed by atoms with Crippen LogP contribution in [0.5, 0.6) is 0 Å². The zero-order chi connectivity index (χ0) is 20.6. The van der Waals surface area contributed by atoms with Gasteiger partial charge in [-0.3, -0.25) is 0 Å². The number of nitrogens with zero attached hydrogens (tertiary/aromatic N) is 4. The zero-order valence-electron chi connectivity index (χ0n) is 16.3. The average Bonchev–Trinajstić information content (AvgIpc) is 3.35. The molecule has 0 fully saturated rings. The normalized spacial score (nSPS) is 12.0. The number of sulfone groups is 1. The Morgan fingerprint density at radius 3 is 2.62 bits per heavy atom. The number of hydrogen-bond acceptors (Lipinski definition) is 7. The minimum atomic E-state index is -3.57. The maximum absolute atomic E-state index is 12.1. The molecule has 0 bridgehead atoms. The van der Waals surface area contributed by atoms with E-state index in [-0.39, 0.29) is 11.1 Å². The molecule has 1 aromatic carbocycles. The Kier molecular flexibility index (Phi) is 5.10. The van der Waals surface area contributed by atoms with Crippen molar-refractivity contribution in [2.75, 3.05) is 11.6 Å². The molecule has 0 saturated carbocycles. The molecule has 7 nitrogen and oxygen atoms in total. The molecule has 0 amide bonds. The van der Waals surface area contributed by atoms with Crippen LogP contribution in [0, 0.1) is 0 Å². The first-order chi connectivity index (χ1) is 13.8. The summed E-state index contributed by atoms with van der Waals surface area (Å²) in [6.07, 6.45) is 2.83. The predicted octanol–water partition coefficient (Wildman–Crippen LogP) is 3.99. The molecule has 0 saturated heterocycles. The monoisotopic (exact) mass is 427 g/mol. The summed E-state index contributed by atoms with van der Waals surface area (Å²) in [5, 5.41) is 9.48. The van der Waals surface area contributed by atoms with Gasteiger partial charge < -0.3 is 5.32 Å². The number of benzene rings is 1. The standard InChI is InChI=1S/C20H21N5O2S2/c1-13(2)16-12-22-25-18(16)23-20(29(3,26)27)24-19(25)21-11-14-7-4-5-8-15(14)17-9-6-10-28-17/h4-10,12-13H,11H2,1-3H3,(H,21,23,24). The van der Waals surface area contributed by atoms with E-state index in [1.807, 2.05) is 43.5 Å². The summed E-state index contributed by atoms with van der Waals surface area (Å²) < 4.78 is 25.8. The van der Waals surface area contributed by atoms with Gasteiger partial charge in [0.05, 0.1) is 6.20 Å². The lowest BCUT2D eigenvalue weighted by Gasteiger charge is -2.12. The van der Waals surface area contributed by atoms with Gasteiger partial charge in [-0.1, -0.05) is 44.2 Å². The summed E-state index contributed by atoms with van der Waals surface area (Å²) >= 11 is 1.68. The number of thiophene rings is 1. The number of hydrogen-bond donors (Lipinski definition) is 1. The molecule has 0 aliphatic heterocycles. The van der Waals surface area contributed by atoms with Crippen molar-refractivity contribution < 1.29 is 8.42 Å². The maximum atomic E-state index is 12.1. The van der Waals surface area contributed by atoms with Crippen molar-refractivity contribution in [1.82, 2.24) is 19.6 Å². The van der Waals surface area contributed by atoms with Gasteiger partial charge in [0.15, 0.2) is 5.65 Å². The highest BCUT2D eigenvalue weighted by molar-refractivity contribution is 7.90. The van der Waals surface area contributed by atoms with Gasteiger partial charge in [0.2, 0.25) is 15.8 Å². The molecule has 3 heterocycles. The number of anilines is 1. The van der Waals surface area contributed by atoms with Crippen LogP contribution in [-0.2, 0) is 16.4 Å². The van der Waals surface area contributed by atoms with Gasteiger partial charge in [-0.15, -0.1) is 11.3 Å². The summed E-state index contributed by atoms with van der Waals surface area (Å²) in [6.45, 7) is 4.51. The molecule has 0 radical (unpaired) electrons. The van der Waals surface area contributed by atoms with E-state index in [0.717, 1.165) is 22.9 Å². The molecular formula is C20H21N5O2S2. The second-order valence-electron chi connectivity index (χ2n) is 7.08. The molecule has 0 atom stereocenters. The summed E-state index contributed by atoms with van der Waals surface area (Å²) in [7, 11) is -3.57. The van der Waals surface area contributed by atoms with Crippen LogP contribution in [0.15, 0.2) is 53.1 Å². The van der Waals surface area contributed by atoms with Crippen LogP contribution in [-0.4, -0.2) is 34.3 Å². The van der Waals surface area contributed by atoms with E-state index in [9.17, 15) is 8.42 Å². The summed E-state index contributed by atoms with van der Waals surface area (Å²) in [5.41, 5.74) is 3.59. The van der Waals surface area contributed by atoms with Gasteiger partial charge in [-0.2, -0.15) is 19.6 Å². The van der Waals surface area contributed by atoms with Crippen LogP contribution >= 0.6 is 11.3 Å². The maximum Gasteiger partial charge on any atom is 0.252 e. The number of nitrogens with one attached hydrogen (secondary N) is 1. The summed E-state index contributed by atoms with van der Waals surface area (Å²) in [6, 6.07) is 12.2. The van der Waals surface area contributed by atoms with Crippen molar-refractivity contribution in [2.24, 2.45) is 0 Å². The third-order valence-electron chi connectivity index (χ3n) is 4.57. The topological polar surface area (TPSA) is 89.2 Å². The van der Waals surface area contributed by atoms with Crippen molar-refractivity contribution in [3.05, 3.63) is 59.1 Å². The molecule has 9 heteroatoms. The van der Waals surface area contributed by atoms with Crippen LogP contribution in [0.4, 0.5) is 5.95 Å². The van der Waals surface area contributed by atoms with Crippen LogP contribution in [0.25, 0.3) is 16.1 Å². The van der Waals surface area contributed by atoms with Gasteiger partial charge >= 0.3 is 0 Å². The van der Waals surface area contributed by atoms with Crippen molar-refractivity contribution in [3.63, 3.8) is 0 Å². The third-order valence-corrected chi connectivity index (χ3v) is 6.32. The van der Waals surface area contributed by atoms with Gasteiger partial charge in [0.1, 0.15) is 0 Å². The van der Waals surface area contributed by atoms with Gasteiger partial charge in [0.25, 0.3) is 5.16 Å². The molecule has 4 rings (SSSR count). The first-order valence-electron chi connectivity index (χ1n) is 9.16. The smallest absolute Gasteiger partial charge is 0.252 e. The molecule has 4 aromatic rings. The second kappa shape index (κ2) is 7.57. The summed E-state index contributed by atoms with van der Waals surface area (Å²) in [4.78, 5) is 9.68. The average molecular weight is 428 g/mol. The first-order valence-corrected chi connectivity index (χ1v) is 11.9. The molecule has 0 spiro atoms. The minimum Gasteiger partial charge on any atom is -0.350 e. The number of rotatable bonds is 6. The number of fused-ring (bicyclic) bond motifs is 1. The highest BCUT2D eigenvalue weighted by atomic mass is 32.2. The molecule has 3 aromatic heterocycles. The third kappa shape index (κ3) is 3.88. The molecule has 0 aliphatic rings. The van der Waals surface area contributed by atoms with E-state index < -0.39 is 9.84 Å². The van der Waals surface area contributed by atoms with E-state index in [1.54, 1.807) is 22.0 Å². The Hall–Kier alpha value is -2.78. The van der Waals surface area contributed by atoms with Crippen molar-refractivity contribution in [1.29, 1.82) is 0 Å². The first kappa shape index (κ1) is 19.5. The van der Waals surface area contributed by atoms with Crippen molar-refractivity contribution in [2.45, 2.75) is 31.5 Å². The van der Waals surface area contributed by atoms with Gasteiger partial charge in [0, 0.05) is 23.2 Å². The van der Waals surface area contributed by atoms with E-state index in [1.165, 1.54) is 4.88 Å². The Morgan fingerprint density at radius 1 is 1.14 bits per heavy atom. The number of aromatic nitrogens is 4. The Morgan fingerprint density at radius 2 is 1.93 bits per heavy atom. The highest BCUT2D eigenvalue weighted by Crippen LogP contribution is 2.29. The Bertz CT molecular complexity index is 1260. The molecule has 0 unspecified atom stereocenters. The van der Waals surface area contributed by atoms with Gasteiger partial charge in [-0.25, -0.2) is 8.42 Å². The SMILES string of the molecule is CC(C)c1cnn2c(NCc3ccccc3-c3cccs3)nc(S(C)(=O)=O)nc12. The van der Waals surface area contributed by atoms with Crippen molar-refractivity contribution >= 4 is 32.8 Å². The molecule has 150 valence electrons. The predicted molar refractivity (Wildman–Crippen MR) is 115 cm³/mol. The van der Waals surface area contributed by atoms with E-state index in [0.29, 0.717) is 18.1 Å². The van der Waals surface area contributed by atoms with Crippen LogP contribution in [0.3, 0.4) is 0 Å². The van der Waals surface area contributed by atoms with E-state index in [2.05, 4.69) is 32.5 Å². The highest BCUT2D eigenvalue weighted by Gasteiger charge is 2.20. The Balaban J connectivity index is 1.76. The van der Waals surface area contributed by atoms with Crippen LogP contribution in [0.1, 0.15) is 30.9 Å². The quantitative estimate of drug-likeness (QED) is 0.500. The largest absolute Gasteiger partial charge is 0.350 e. The molecule has 29 heavy (non-hydrogen) atoms. The van der Waals surface area contributed by atoms with Gasteiger partial charge in [-0.05, 0) is 28.5 Å².